The van der Waals surface area contributed by atoms with E-state index in [0.29, 0.717) is 18.5 Å². The van der Waals surface area contributed by atoms with Crippen LogP contribution >= 0.6 is 0 Å². The van der Waals surface area contributed by atoms with Crippen molar-refractivity contribution in [2.24, 2.45) is 5.73 Å². The Labute approximate surface area is 73.6 Å². The summed E-state index contributed by atoms with van der Waals surface area (Å²) in [5, 5.41) is 0. The zero-order valence-corrected chi connectivity index (χ0v) is 7.99. The molecule has 2 N–H and O–H groups in total. The van der Waals surface area contributed by atoms with Crippen molar-refractivity contribution in [1.82, 2.24) is 9.55 Å². The number of imidazole rings is 1. The van der Waals surface area contributed by atoms with Crippen molar-refractivity contribution in [3.8, 4) is 0 Å². The first-order chi connectivity index (χ1) is 5.66. The average molecular weight is 167 g/mol. The normalized spacial score (nSPS) is 13.8. The van der Waals surface area contributed by atoms with Crippen LogP contribution in [0.1, 0.15) is 38.4 Å². The lowest BCUT2D eigenvalue weighted by atomic mass is 10.1. The van der Waals surface area contributed by atoms with Crippen LogP contribution in [-0.2, 0) is 0 Å². The van der Waals surface area contributed by atoms with E-state index >= 15 is 0 Å². The van der Waals surface area contributed by atoms with Gasteiger partial charge in [0.15, 0.2) is 0 Å². The average Bonchev–Trinajstić information content (AvgIpc) is 2.50. The van der Waals surface area contributed by atoms with E-state index in [2.05, 4.69) is 30.3 Å². The van der Waals surface area contributed by atoms with Crippen LogP contribution in [-0.4, -0.2) is 16.1 Å². The Bertz CT molecular complexity index is 240. The molecule has 0 aliphatic heterocycles. The lowest BCUT2D eigenvalue weighted by molar-refractivity contribution is 0.526. The number of nitrogens with two attached hydrogens (primary N) is 1. The molecule has 1 aromatic rings. The van der Waals surface area contributed by atoms with Gasteiger partial charge in [-0.25, -0.2) is 4.98 Å². The van der Waals surface area contributed by atoms with Gasteiger partial charge in [0.2, 0.25) is 0 Å². The van der Waals surface area contributed by atoms with Crippen LogP contribution in [0.3, 0.4) is 0 Å². The molecular formula is C9H17N3. The summed E-state index contributed by atoms with van der Waals surface area (Å²) in [7, 11) is 0. The zero-order valence-electron chi connectivity index (χ0n) is 7.99. The molecule has 1 heterocycles. The van der Waals surface area contributed by atoms with Crippen molar-refractivity contribution in [2.45, 2.75) is 32.7 Å². The van der Waals surface area contributed by atoms with Crippen LogP contribution in [0, 0.1) is 0 Å². The summed E-state index contributed by atoms with van der Waals surface area (Å²) < 4.78 is 2.14. The highest BCUT2D eigenvalue weighted by molar-refractivity contribution is 5.05. The van der Waals surface area contributed by atoms with Gasteiger partial charge in [-0.2, -0.15) is 0 Å². The molecule has 0 saturated heterocycles. The molecule has 0 radical (unpaired) electrons. The van der Waals surface area contributed by atoms with E-state index in [1.807, 2.05) is 12.5 Å². The zero-order chi connectivity index (χ0) is 9.14. The lowest BCUT2D eigenvalue weighted by Gasteiger charge is -2.16. The molecule has 0 aliphatic carbocycles. The standard InChI is InChI=1S/C9H17N3/c1-7(2)9-5-11-6-12(9)8(3)4-10/h5-8H,4,10H2,1-3H3. The van der Waals surface area contributed by atoms with E-state index in [4.69, 9.17) is 5.73 Å². The van der Waals surface area contributed by atoms with Crippen LogP contribution in [0.25, 0.3) is 0 Å². The van der Waals surface area contributed by atoms with E-state index in [1.165, 1.54) is 5.69 Å². The van der Waals surface area contributed by atoms with Crippen LogP contribution < -0.4 is 5.73 Å². The fraction of sp³-hybridized carbons (Fsp3) is 0.667. The number of rotatable bonds is 3. The molecule has 68 valence electrons. The maximum Gasteiger partial charge on any atom is 0.0951 e. The minimum atomic E-state index is 0.352. The Morgan fingerprint density at radius 2 is 2.17 bits per heavy atom. The monoisotopic (exact) mass is 167 g/mol. The van der Waals surface area contributed by atoms with E-state index in [9.17, 15) is 0 Å². The van der Waals surface area contributed by atoms with Crippen molar-refractivity contribution in [1.29, 1.82) is 0 Å². The van der Waals surface area contributed by atoms with Gasteiger partial charge >= 0.3 is 0 Å². The van der Waals surface area contributed by atoms with Crippen molar-refractivity contribution >= 4 is 0 Å². The van der Waals surface area contributed by atoms with Gasteiger partial charge in [0.05, 0.1) is 6.33 Å². The summed E-state index contributed by atoms with van der Waals surface area (Å²) in [4.78, 5) is 4.12. The van der Waals surface area contributed by atoms with E-state index in [0.717, 1.165) is 0 Å². The Hall–Kier alpha value is -0.830. The second kappa shape index (κ2) is 3.72. The number of aromatic nitrogens is 2. The summed E-state index contributed by atoms with van der Waals surface area (Å²) in [5.74, 6) is 0.515. The van der Waals surface area contributed by atoms with Crippen LogP contribution in [0.2, 0.25) is 0 Å². The molecular weight excluding hydrogens is 150 g/mol. The largest absolute Gasteiger partial charge is 0.330 e. The highest BCUT2D eigenvalue weighted by Crippen LogP contribution is 2.17. The van der Waals surface area contributed by atoms with E-state index < -0.39 is 0 Å². The SMILES string of the molecule is CC(C)c1cncn1C(C)CN. The topological polar surface area (TPSA) is 43.8 Å². The molecule has 0 spiro atoms. The smallest absolute Gasteiger partial charge is 0.0951 e. The van der Waals surface area contributed by atoms with Crippen molar-refractivity contribution in [2.75, 3.05) is 6.54 Å². The van der Waals surface area contributed by atoms with Crippen LogP contribution in [0.5, 0.6) is 0 Å². The summed E-state index contributed by atoms with van der Waals surface area (Å²) in [5.41, 5.74) is 6.84. The van der Waals surface area contributed by atoms with Gasteiger partial charge in [-0.15, -0.1) is 0 Å². The molecule has 3 heteroatoms. The van der Waals surface area contributed by atoms with Gasteiger partial charge < -0.3 is 10.3 Å². The highest BCUT2D eigenvalue weighted by atomic mass is 15.1. The quantitative estimate of drug-likeness (QED) is 0.741. The van der Waals surface area contributed by atoms with E-state index in [1.54, 1.807) is 0 Å². The van der Waals surface area contributed by atoms with Gasteiger partial charge in [-0.1, -0.05) is 13.8 Å². The molecule has 1 atom stereocenters. The van der Waals surface area contributed by atoms with Gasteiger partial charge in [0.25, 0.3) is 0 Å². The molecule has 3 nitrogen and oxygen atoms in total. The Morgan fingerprint density at radius 1 is 1.50 bits per heavy atom. The van der Waals surface area contributed by atoms with Crippen LogP contribution in [0.15, 0.2) is 12.5 Å². The highest BCUT2D eigenvalue weighted by Gasteiger charge is 2.09. The van der Waals surface area contributed by atoms with Crippen molar-refractivity contribution in [3.05, 3.63) is 18.2 Å². The third kappa shape index (κ3) is 1.67. The Kier molecular flexibility index (Phi) is 2.87. The van der Waals surface area contributed by atoms with Crippen molar-refractivity contribution in [3.63, 3.8) is 0 Å². The van der Waals surface area contributed by atoms with Crippen molar-refractivity contribution < 1.29 is 0 Å². The molecule has 0 aliphatic rings. The molecule has 1 rings (SSSR count). The molecule has 0 amide bonds. The molecule has 1 unspecified atom stereocenters. The third-order valence-corrected chi connectivity index (χ3v) is 2.10. The van der Waals surface area contributed by atoms with Gasteiger partial charge in [0, 0.05) is 24.5 Å². The van der Waals surface area contributed by atoms with Gasteiger partial charge in [0.1, 0.15) is 0 Å². The maximum absolute atomic E-state index is 5.58. The minimum Gasteiger partial charge on any atom is -0.330 e. The summed E-state index contributed by atoms with van der Waals surface area (Å²) in [6, 6.07) is 0.352. The maximum atomic E-state index is 5.58. The fourth-order valence-corrected chi connectivity index (χ4v) is 1.24. The molecule has 1 aromatic heterocycles. The number of hydrogen-bond acceptors (Lipinski definition) is 2. The molecule has 0 fully saturated rings. The molecule has 0 bridgehead atoms. The second-order valence-corrected chi connectivity index (χ2v) is 3.47. The number of hydrogen-bond donors (Lipinski definition) is 1. The predicted molar refractivity (Wildman–Crippen MR) is 50.1 cm³/mol. The Balaban J connectivity index is 2.91. The fourth-order valence-electron chi connectivity index (χ4n) is 1.24. The number of nitrogens with zero attached hydrogens (tertiary/aromatic N) is 2. The summed E-state index contributed by atoms with van der Waals surface area (Å²) in [6.45, 7) is 7.09. The van der Waals surface area contributed by atoms with Gasteiger partial charge in [-0.3, -0.25) is 0 Å². The third-order valence-electron chi connectivity index (χ3n) is 2.10. The lowest BCUT2D eigenvalue weighted by Crippen LogP contribution is -2.17. The first-order valence-electron chi connectivity index (χ1n) is 4.38. The van der Waals surface area contributed by atoms with E-state index in [-0.39, 0.29) is 0 Å². The second-order valence-electron chi connectivity index (χ2n) is 3.47. The molecule has 0 aromatic carbocycles. The predicted octanol–water partition coefficient (Wildman–Crippen LogP) is 1.53. The summed E-state index contributed by atoms with van der Waals surface area (Å²) in [6.07, 6.45) is 3.77. The first-order valence-corrected chi connectivity index (χ1v) is 4.38. The summed E-state index contributed by atoms with van der Waals surface area (Å²) >= 11 is 0. The van der Waals surface area contributed by atoms with Crippen LogP contribution in [0.4, 0.5) is 0 Å². The Morgan fingerprint density at radius 3 is 2.67 bits per heavy atom. The minimum absolute atomic E-state index is 0.352. The first kappa shape index (κ1) is 9.26. The molecule has 12 heavy (non-hydrogen) atoms. The molecule has 0 saturated carbocycles. The van der Waals surface area contributed by atoms with Gasteiger partial charge in [-0.05, 0) is 12.8 Å².